The third-order valence-corrected chi connectivity index (χ3v) is 4.72. The maximum atomic E-state index is 12.1. The SMILES string of the molecule is CCOc1ccc(-n2nnnc2CNC(=O)CSCc2ccccc2)cc1. The van der Waals surface area contributed by atoms with Crippen LogP contribution in [0.1, 0.15) is 18.3 Å². The molecule has 0 bridgehead atoms. The van der Waals surface area contributed by atoms with Crippen LogP contribution in [0.5, 0.6) is 5.75 Å². The number of benzene rings is 2. The Labute approximate surface area is 162 Å². The van der Waals surface area contributed by atoms with Crippen LogP contribution in [0, 0.1) is 0 Å². The molecule has 0 saturated heterocycles. The Morgan fingerprint density at radius 2 is 1.93 bits per heavy atom. The van der Waals surface area contributed by atoms with Gasteiger partial charge in [0.05, 0.1) is 24.6 Å². The number of carbonyl (C=O) groups is 1. The van der Waals surface area contributed by atoms with E-state index in [-0.39, 0.29) is 12.5 Å². The molecule has 0 radical (unpaired) electrons. The van der Waals surface area contributed by atoms with Gasteiger partial charge in [-0.15, -0.1) is 16.9 Å². The molecule has 8 heteroatoms. The molecule has 0 saturated carbocycles. The average Bonchev–Trinajstić information content (AvgIpc) is 3.17. The lowest BCUT2D eigenvalue weighted by Crippen LogP contribution is -2.26. The van der Waals surface area contributed by atoms with E-state index in [0.717, 1.165) is 17.2 Å². The quantitative estimate of drug-likeness (QED) is 0.612. The van der Waals surface area contributed by atoms with Crippen molar-refractivity contribution in [2.24, 2.45) is 0 Å². The van der Waals surface area contributed by atoms with Gasteiger partial charge in [-0.25, -0.2) is 0 Å². The number of amides is 1. The molecule has 3 rings (SSSR count). The second-order valence-corrected chi connectivity index (χ2v) is 6.67. The van der Waals surface area contributed by atoms with E-state index in [9.17, 15) is 4.79 Å². The summed E-state index contributed by atoms with van der Waals surface area (Å²) in [4.78, 5) is 12.1. The smallest absolute Gasteiger partial charge is 0.230 e. The molecule has 0 spiro atoms. The third kappa shape index (κ3) is 5.55. The van der Waals surface area contributed by atoms with Gasteiger partial charge in [0.15, 0.2) is 5.82 Å². The topological polar surface area (TPSA) is 81.9 Å². The van der Waals surface area contributed by atoms with Crippen molar-refractivity contribution in [3.05, 3.63) is 66.0 Å². The molecule has 0 atom stereocenters. The van der Waals surface area contributed by atoms with Crippen molar-refractivity contribution in [2.45, 2.75) is 19.2 Å². The van der Waals surface area contributed by atoms with Crippen LogP contribution < -0.4 is 10.1 Å². The molecule has 140 valence electrons. The zero-order valence-corrected chi connectivity index (χ0v) is 15.9. The fraction of sp³-hybridized carbons (Fsp3) is 0.263. The normalized spacial score (nSPS) is 10.6. The molecule has 1 amide bonds. The van der Waals surface area contributed by atoms with Gasteiger partial charge >= 0.3 is 0 Å². The van der Waals surface area contributed by atoms with Crippen molar-refractivity contribution < 1.29 is 9.53 Å². The van der Waals surface area contributed by atoms with Crippen LogP contribution >= 0.6 is 11.8 Å². The minimum absolute atomic E-state index is 0.0443. The van der Waals surface area contributed by atoms with Crippen molar-refractivity contribution in [3.63, 3.8) is 0 Å². The lowest BCUT2D eigenvalue weighted by Gasteiger charge is -2.08. The van der Waals surface area contributed by atoms with Crippen LogP contribution in [0.3, 0.4) is 0 Å². The summed E-state index contributed by atoms with van der Waals surface area (Å²) in [5.41, 5.74) is 2.01. The molecular formula is C19H21N5O2S. The molecule has 1 aromatic heterocycles. The monoisotopic (exact) mass is 383 g/mol. The Kier molecular flexibility index (Phi) is 6.81. The number of nitrogens with one attached hydrogen (secondary N) is 1. The fourth-order valence-electron chi connectivity index (χ4n) is 2.43. The van der Waals surface area contributed by atoms with Gasteiger partial charge in [0.1, 0.15) is 5.75 Å². The van der Waals surface area contributed by atoms with Crippen LogP contribution in [0.25, 0.3) is 5.69 Å². The molecule has 27 heavy (non-hydrogen) atoms. The summed E-state index contributed by atoms with van der Waals surface area (Å²) in [6.45, 7) is 2.82. The summed E-state index contributed by atoms with van der Waals surface area (Å²) in [5, 5.41) is 14.6. The van der Waals surface area contributed by atoms with Gasteiger partial charge in [-0.3, -0.25) is 4.79 Å². The van der Waals surface area contributed by atoms with Crippen molar-refractivity contribution in [1.29, 1.82) is 0 Å². The first-order chi connectivity index (χ1) is 13.3. The molecule has 0 unspecified atom stereocenters. The molecule has 1 N–H and O–H groups in total. The Morgan fingerprint density at radius 1 is 1.15 bits per heavy atom. The lowest BCUT2D eigenvalue weighted by atomic mass is 10.2. The van der Waals surface area contributed by atoms with Crippen LogP contribution in [0.4, 0.5) is 0 Å². The minimum Gasteiger partial charge on any atom is -0.494 e. The van der Waals surface area contributed by atoms with Crippen molar-refractivity contribution in [1.82, 2.24) is 25.5 Å². The molecule has 0 aliphatic rings. The number of rotatable bonds is 9. The summed E-state index contributed by atoms with van der Waals surface area (Å²) < 4.78 is 7.04. The summed E-state index contributed by atoms with van der Waals surface area (Å²) >= 11 is 1.57. The number of tetrazole rings is 1. The largest absolute Gasteiger partial charge is 0.494 e. The minimum atomic E-state index is -0.0443. The van der Waals surface area contributed by atoms with Gasteiger partial charge < -0.3 is 10.1 Å². The van der Waals surface area contributed by atoms with Gasteiger partial charge in [0.25, 0.3) is 0 Å². The second kappa shape index (κ2) is 9.72. The van der Waals surface area contributed by atoms with Crippen molar-refractivity contribution >= 4 is 17.7 Å². The average molecular weight is 383 g/mol. The summed E-state index contributed by atoms with van der Waals surface area (Å²) in [7, 11) is 0. The van der Waals surface area contributed by atoms with Gasteiger partial charge in [-0.2, -0.15) is 4.68 Å². The first-order valence-electron chi connectivity index (χ1n) is 8.65. The van der Waals surface area contributed by atoms with Crippen LogP contribution in [-0.2, 0) is 17.1 Å². The summed E-state index contributed by atoms with van der Waals surface area (Å²) in [6.07, 6.45) is 0. The van der Waals surface area contributed by atoms with Crippen molar-refractivity contribution in [2.75, 3.05) is 12.4 Å². The number of hydrogen-bond acceptors (Lipinski definition) is 6. The number of hydrogen-bond donors (Lipinski definition) is 1. The first-order valence-corrected chi connectivity index (χ1v) is 9.80. The van der Waals surface area contributed by atoms with Gasteiger partial charge in [0, 0.05) is 5.75 Å². The predicted molar refractivity (Wildman–Crippen MR) is 105 cm³/mol. The predicted octanol–water partition coefficient (Wildman–Crippen LogP) is 2.61. The van der Waals surface area contributed by atoms with Gasteiger partial charge in [-0.1, -0.05) is 30.3 Å². The van der Waals surface area contributed by atoms with Crippen LogP contribution in [0.2, 0.25) is 0 Å². The van der Waals surface area contributed by atoms with E-state index in [2.05, 4.69) is 33.0 Å². The standard InChI is InChI=1S/C19H21N5O2S/c1-2-26-17-10-8-16(9-11-17)24-18(21-22-23-24)12-20-19(25)14-27-13-15-6-4-3-5-7-15/h3-11H,2,12-14H2,1H3,(H,20,25). The zero-order valence-electron chi connectivity index (χ0n) is 15.0. The summed E-state index contributed by atoms with van der Waals surface area (Å²) in [5.74, 6) is 2.51. The van der Waals surface area contributed by atoms with Crippen LogP contribution in [0.15, 0.2) is 54.6 Å². The van der Waals surface area contributed by atoms with E-state index in [1.807, 2.05) is 49.4 Å². The molecule has 2 aromatic carbocycles. The highest BCUT2D eigenvalue weighted by atomic mass is 32.2. The van der Waals surface area contributed by atoms with Crippen LogP contribution in [-0.4, -0.2) is 38.5 Å². The number of thioether (sulfide) groups is 1. The number of nitrogens with zero attached hydrogens (tertiary/aromatic N) is 4. The highest BCUT2D eigenvalue weighted by Gasteiger charge is 2.10. The third-order valence-electron chi connectivity index (χ3n) is 3.71. The highest BCUT2D eigenvalue weighted by molar-refractivity contribution is 7.99. The van der Waals surface area contributed by atoms with E-state index < -0.39 is 0 Å². The number of carbonyl (C=O) groups excluding carboxylic acids is 1. The van der Waals surface area contributed by atoms with Crippen molar-refractivity contribution in [3.8, 4) is 11.4 Å². The first kappa shape index (κ1) is 18.9. The van der Waals surface area contributed by atoms with E-state index in [0.29, 0.717) is 18.2 Å². The van der Waals surface area contributed by atoms with E-state index in [4.69, 9.17) is 4.74 Å². The van der Waals surface area contributed by atoms with Gasteiger partial charge in [-0.05, 0) is 47.2 Å². The summed E-state index contributed by atoms with van der Waals surface area (Å²) in [6, 6.07) is 17.6. The number of ether oxygens (including phenoxy) is 1. The maximum Gasteiger partial charge on any atom is 0.230 e. The van der Waals surface area contributed by atoms with E-state index in [1.54, 1.807) is 16.4 Å². The Balaban J connectivity index is 1.50. The maximum absolute atomic E-state index is 12.1. The fourth-order valence-corrected chi connectivity index (χ4v) is 3.25. The van der Waals surface area contributed by atoms with E-state index >= 15 is 0 Å². The van der Waals surface area contributed by atoms with E-state index in [1.165, 1.54) is 5.56 Å². The van der Waals surface area contributed by atoms with Gasteiger partial charge in [0.2, 0.25) is 5.91 Å². The Hall–Kier alpha value is -2.87. The molecule has 7 nitrogen and oxygen atoms in total. The molecule has 3 aromatic rings. The zero-order chi connectivity index (χ0) is 18.9. The molecule has 0 aliphatic carbocycles. The molecule has 0 aliphatic heterocycles. The molecular weight excluding hydrogens is 362 g/mol. The Bertz CT molecular complexity index is 852. The second-order valence-electron chi connectivity index (χ2n) is 5.69. The highest BCUT2D eigenvalue weighted by Crippen LogP contribution is 2.15. The number of aromatic nitrogens is 4. The molecule has 0 fully saturated rings. The Morgan fingerprint density at radius 3 is 2.67 bits per heavy atom. The molecule has 1 heterocycles. The lowest BCUT2D eigenvalue weighted by molar-refractivity contribution is -0.118.